The molecule has 0 amide bonds. The molecule has 0 aliphatic carbocycles. The zero-order valence-electron chi connectivity index (χ0n) is 8.67. The van der Waals surface area contributed by atoms with Crippen molar-refractivity contribution < 1.29 is 9.90 Å². The lowest BCUT2D eigenvalue weighted by Crippen LogP contribution is -2.19. The molecule has 16 heavy (non-hydrogen) atoms. The van der Waals surface area contributed by atoms with Gasteiger partial charge < -0.3 is 5.11 Å². The van der Waals surface area contributed by atoms with Crippen LogP contribution in [0.3, 0.4) is 0 Å². The van der Waals surface area contributed by atoms with Crippen LogP contribution in [0.2, 0.25) is 0 Å². The molecule has 0 fully saturated rings. The van der Waals surface area contributed by atoms with Crippen LogP contribution >= 0.6 is 0 Å². The second kappa shape index (κ2) is 3.77. The maximum atomic E-state index is 11.9. The van der Waals surface area contributed by atoms with E-state index in [1.165, 1.54) is 28.9 Å². The minimum Gasteiger partial charge on any atom is -0.478 e. The molecule has 0 radical (unpaired) electrons. The number of aryl methyl sites for hydroxylation is 1. The molecule has 0 aliphatic rings. The minimum absolute atomic E-state index is 0.0738. The Labute approximate surface area is 91.0 Å². The highest BCUT2D eigenvalue weighted by Gasteiger charge is 2.07. The zero-order chi connectivity index (χ0) is 11.7. The van der Waals surface area contributed by atoms with Gasteiger partial charge in [-0.25, -0.2) is 9.78 Å². The predicted octanol–water partition coefficient (Wildman–Crippen LogP) is 0.955. The van der Waals surface area contributed by atoms with Crippen LogP contribution in [0.15, 0.2) is 29.3 Å². The van der Waals surface area contributed by atoms with Crippen LogP contribution in [0.1, 0.15) is 22.8 Å². The quantitative estimate of drug-likeness (QED) is 0.814. The number of rotatable bonds is 2. The molecule has 0 spiro atoms. The molecule has 5 nitrogen and oxygen atoms in total. The van der Waals surface area contributed by atoms with Gasteiger partial charge in [-0.2, -0.15) is 0 Å². The maximum absolute atomic E-state index is 11.9. The summed E-state index contributed by atoms with van der Waals surface area (Å²) in [6, 6.07) is 2.94. The number of nitrogens with zero attached hydrogens (tertiary/aromatic N) is 2. The summed E-state index contributed by atoms with van der Waals surface area (Å²) in [7, 11) is 0. The molecule has 2 aromatic rings. The van der Waals surface area contributed by atoms with E-state index in [4.69, 9.17) is 5.11 Å². The first-order valence-electron chi connectivity index (χ1n) is 4.87. The Morgan fingerprint density at radius 1 is 1.50 bits per heavy atom. The summed E-state index contributed by atoms with van der Waals surface area (Å²) in [6.07, 6.45) is 3.40. The largest absolute Gasteiger partial charge is 0.478 e. The molecular formula is C11H10N2O3. The van der Waals surface area contributed by atoms with Gasteiger partial charge in [0.05, 0.1) is 5.56 Å². The highest BCUT2D eigenvalue weighted by atomic mass is 16.4. The van der Waals surface area contributed by atoms with Crippen molar-refractivity contribution >= 4 is 11.6 Å². The van der Waals surface area contributed by atoms with E-state index in [1.807, 2.05) is 6.92 Å². The second-order valence-corrected chi connectivity index (χ2v) is 3.39. The number of aromatic nitrogens is 2. The van der Waals surface area contributed by atoms with Crippen molar-refractivity contribution in [2.75, 3.05) is 0 Å². The first-order valence-corrected chi connectivity index (χ1v) is 4.87. The monoisotopic (exact) mass is 218 g/mol. The molecule has 0 saturated heterocycles. The van der Waals surface area contributed by atoms with Crippen molar-refractivity contribution in [3.05, 3.63) is 46.0 Å². The second-order valence-electron chi connectivity index (χ2n) is 3.39. The van der Waals surface area contributed by atoms with Crippen molar-refractivity contribution in [1.82, 2.24) is 9.38 Å². The fraction of sp³-hybridized carbons (Fsp3) is 0.182. The van der Waals surface area contributed by atoms with Gasteiger partial charge in [-0.05, 0) is 18.6 Å². The van der Waals surface area contributed by atoms with Gasteiger partial charge in [0.1, 0.15) is 5.65 Å². The standard InChI is InChI=1S/C11H10N2O3/c1-2-7-5-12-9-4-3-8(11(15)16)6-13(9)10(7)14/h3-6H,2H2,1H3,(H,15,16). The molecule has 0 bridgehead atoms. The van der Waals surface area contributed by atoms with Gasteiger partial charge in [0, 0.05) is 18.0 Å². The summed E-state index contributed by atoms with van der Waals surface area (Å²) in [6.45, 7) is 1.85. The number of hydrogen-bond donors (Lipinski definition) is 1. The molecule has 82 valence electrons. The average Bonchev–Trinajstić information content (AvgIpc) is 2.29. The van der Waals surface area contributed by atoms with Gasteiger partial charge in [-0.15, -0.1) is 0 Å². The Morgan fingerprint density at radius 3 is 2.88 bits per heavy atom. The number of carbonyl (C=O) groups is 1. The summed E-state index contributed by atoms with van der Waals surface area (Å²) in [5.41, 5.74) is 0.882. The first-order chi connectivity index (χ1) is 7.63. The van der Waals surface area contributed by atoms with Crippen LogP contribution in [0.25, 0.3) is 5.65 Å². The summed E-state index contributed by atoms with van der Waals surface area (Å²) in [5.74, 6) is -1.06. The maximum Gasteiger partial charge on any atom is 0.337 e. The molecule has 2 rings (SSSR count). The Kier molecular flexibility index (Phi) is 2.44. The van der Waals surface area contributed by atoms with Gasteiger partial charge in [0.15, 0.2) is 0 Å². The van der Waals surface area contributed by atoms with Gasteiger partial charge in [-0.1, -0.05) is 6.92 Å². The number of carboxylic acid groups (broad SMARTS) is 1. The Balaban J connectivity index is 2.79. The molecule has 1 N–H and O–H groups in total. The third-order valence-electron chi connectivity index (χ3n) is 2.40. The Bertz CT molecular complexity index is 616. The number of fused-ring (bicyclic) bond motifs is 1. The number of carboxylic acids is 1. The van der Waals surface area contributed by atoms with E-state index in [1.54, 1.807) is 0 Å². The van der Waals surface area contributed by atoms with Gasteiger partial charge in [0.25, 0.3) is 5.56 Å². The molecule has 0 atom stereocenters. The number of pyridine rings is 1. The van der Waals surface area contributed by atoms with Crippen LogP contribution in [0, 0.1) is 0 Å². The summed E-state index contributed by atoms with van der Waals surface area (Å²) < 4.78 is 1.27. The average molecular weight is 218 g/mol. The summed E-state index contributed by atoms with van der Waals surface area (Å²) in [4.78, 5) is 26.7. The summed E-state index contributed by atoms with van der Waals surface area (Å²) in [5, 5.41) is 8.83. The lowest BCUT2D eigenvalue weighted by molar-refractivity contribution is 0.0696. The van der Waals surface area contributed by atoms with Gasteiger partial charge in [-0.3, -0.25) is 9.20 Å². The van der Waals surface area contributed by atoms with E-state index in [0.717, 1.165) is 0 Å². The van der Waals surface area contributed by atoms with E-state index in [9.17, 15) is 9.59 Å². The molecule has 0 saturated carbocycles. The van der Waals surface area contributed by atoms with Crippen LogP contribution < -0.4 is 5.56 Å². The SMILES string of the molecule is CCc1cnc2ccc(C(=O)O)cn2c1=O. The van der Waals surface area contributed by atoms with Crippen LogP contribution in [-0.4, -0.2) is 20.5 Å². The van der Waals surface area contributed by atoms with Crippen LogP contribution in [0.5, 0.6) is 0 Å². The third kappa shape index (κ3) is 1.56. The van der Waals surface area contributed by atoms with Crippen LogP contribution in [-0.2, 0) is 6.42 Å². The van der Waals surface area contributed by atoms with E-state index in [-0.39, 0.29) is 11.1 Å². The lowest BCUT2D eigenvalue weighted by Gasteiger charge is -2.03. The smallest absolute Gasteiger partial charge is 0.337 e. The molecule has 2 heterocycles. The molecule has 0 aliphatic heterocycles. The van der Waals surface area contributed by atoms with Gasteiger partial charge >= 0.3 is 5.97 Å². The Morgan fingerprint density at radius 2 is 2.25 bits per heavy atom. The molecule has 0 unspecified atom stereocenters. The zero-order valence-corrected chi connectivity index (χ0v) is 8.67. The molecule has 0 aromatic carbocycles. The Hall–Kier alpha value is -2.17. The van der Waals surface area contributed by atoms with Crippen molar-refractivity contribution in [2.24, 2.45) is 0 Å². The highest BCUT2D eigenvalue weighted by Crippen LogP contribution is 2.03. The predicted molar refractivity (Wildman–Crippen MR) is 57.8 cm³/mol. The minimum atomic E-state index is -1.06. The van der Waals surface area contributed by atoms with Crippen molar-refractivity contribution in [1.29, 1.82) is 0 Å². The fourth-order valence-corrected chi connectivity index (χ4v) is 1.48. The van der Waals surface area contributed by atoms with E-state index in [2.05, 4.69) is 4.98 Å². The first kappa shape index (κ1) is 10.4. The number of aromatic carboxylic acids is 1. The highest BCUT2D eigenvalue weighted by molar-refractivity contribution is 5.87. The van der Waals surface area contributed by atoms with Crippen molar-refractivity contribution in [3.63, 3.8) is 0 Å². The molecule has 5 heteroatoms. The van der Waals surface area contributed by atoms with Crippen molar-refractivity contribution in [2.45, 2.75) is 13.3 Å². The van der Waals surface area contributed by atoms with E-state index < -0.39 is 5.97 Å². The van der Waals surface area contributed by atoms with Crippen molar-refractivity contribution in [3.8, 4) is 0 Å². The third-order valence-corrected chi connectivity index (χ3v) is 2.40. The van der Waals surface area contributed by atoms with E-state index >= 15 is 0 Å². The van der Waals surface area contributed by atoms with Crippen LogP contribution in [0.4, 0.5) is 0 Å². The van der Waals surface area contributed by atoms with E-state index in [0.29, 0.717) is 17.6 Å². The topological polar surface area (TPSA) is 71.7 Å². The molecular weight excluding hydrogens is 208 g/mol. The fourth-order valence-electron chi connectivity index (χ4n) is 1.48. The molecule has 2 aromatic heterocycles. The lowest BCUT2D eigenvalue weighted by atomic mass is 10.2. The normalized spacial score (nSPS) is 10.6. The number of hydrogen-bond acceptors (Lipinski definition) is 3. The summed E-state index contributed by atoms with van der Waals surface area (Å²) >= 11 is 0. The van der Waals surface area contributed by atoms with Gasteiger partial charge in [0.2, 0.25) is 0 Å².